The Morgan fingerprint density at radius 3 is 2.71 bits per heavy atom. The third-order valence-corrected chi connectivity index (χ3v) is 4.15. The predicted molar refractivity (Wildman–Crippen MR) is 98.1 cm³/mol. The van der Waals surface area contributed by atoms with Gasteiger partial charge in [-0.05, 0) is 45.7 Å². The molecule has 1 saturated heterocycles. The second-order valence-corrected chi connectivity index (χ2v) is 7.56. The first-order valence-electron chi connectivity index (χ1n) is 9.09. The normalized spacial score (nSPS) is 18.0. The Morgan fingerprint density at radius 2 is 1.96 bits per heavy atom. The van der Waals surface area contributed by atoms with E-state index in [1.165, 1.54) is 4.90 Å². The van der Waals surface area contributed by atoms with Crippen LogP contribution in [0.3, 0.4) is 0 Å². The lowest BCUT2D eigenvalue weighted by Crippen LogP contribution is -2.44. The van der Waals surface area contributed by atoms with E-state index in [9.17, 15) is 14.4 Å². The molecule has 152 valence electrons. The van der Waals surface area contributed by atoms with E-state index in [0.29, 0.717) is 36.6 Å². The summed E-state index contributed by atoms with van der Waals surface area (Å²) >= 11 is 0. The number of rotatable bonds is 4. The first-order chi connectivity index (χ1) is 13.2. The highest BCUT2D eigenvalue weighted by Gasteiger charge is 2.37. The van der Waals surface area contributed by atoms with Crippen LogP contribution in [-0.2, 0) is 19.1 Å². The van der Waals surface area contributed by atoms with Gasteiger partial charge in [0.1, 0.15) is 11.6 Å². The van der Waals surface area contributed by atoms with E-state index in [0.717, 1.165) is 0 Å². The number of esters is 1. The van der Waals surface area contributed by atoms with E-state index in [1.807, 2.05) is 0 Å². The summed E-state index contributed by atoms with van der Waals surface area (Å²) < 4.78 is 20.9. The summed E-state index contributed by atoms with van der Waals surface area (Å²) in [5.74, 6) is 0.0277. The number of carbonyl (C=O) groups is 3. The number of carbonyl (C=O) groups excluding carboxylic acids is 3. The molecule has 0 spiro atoms. The van der Waals surface area contributed by atoms with E-state index < -0.39 is 36.2 Å². The van der Waals surface area contributed by atoms with Crippen LogP contribution in [0.5, 0.6) is 11.5 Å². The zero-order valence-corrected chi connectivity index (χ0v) is 16.1. The van der Waals surface area contributed by atoms with Crippen molar-refractivity contribution in [2.45, 2.75) is 45.3 Å². The Balaban J connectivity index is 1.50. The van der Waals surface area contributed by atoms with Crippen LogP contribution >= 0.6 is 0 Å². The average Bonchev–Trinajstić information content (AvgIpc) is 3.26. The van der Waals surface area contributed by atoms with E-state index in [2.05, 4.69) is 5.32 Å². The maximum atomic E-state index is 12.3. The molecule has 1 atom stereocenters. The van der Waals surface area contributed by atoms with Gasteiger partial charge in [0.05, 0.1) is 0 Å². The molecule has 1 fully saturated rings. The second-order valence-electron chi connectivity index (χ2n) is 7.56. The number of amides is 2. The largest absolute Gasteiger partial charge is 0.454 e. The molecule has 0 bridgehead atoms. The van der Waals surface area contributed by atoms with Crippen molar-refractivity contribution in [2.24, 2.45) is 0 Å². The fraction of sp³-hybridized carbons (Fsp3) is 0.526. The number of fused-ring (bicyclic) bond motifs is 1. The lowest BCUT2D eigenvalue weighted by Gasteiger charge is -2.27. The molecule has 3 rings (SSSR count). The summed E-state index contributed by atoms with van der Waals surface area (Å²) in [6.07, 6.45) is 0.585. The van der Waals surface area contributed by atoms with Crippen LogP contribution in [0.15, 0.2) is 18.2 Å². The number of hydrogen-bond acceptors (Lipinski definition) is 7. The second kappa shape index (κ2) is 7.95. The van der Waals surface area contributed by atoms with Gasteiger partial charge in [-0.3, -0.25) is 9.69 Å². The molecular weight excluding hydrogens is 368 g/mol. The molecule has 2 amide bonds. The number of anilines is 1. The Morgan fingerprint density at radius 1 is 1.21 bits per heavy atom. The first-order valence-corrected chi connectivity index (χ1v) is 9.09. The van der Waals surface area contributed by atoms with Gasteiger partial charge in [-0.1, -0.05) is 0 Å². The molecule has 1 aromatic rings. The number of ether oxygens (including phenoxy) is 4. The molecule has 2 aliphatic heterocycles. The predicted octanol–water partition coefficient (Wildman–Crippen LogP) is 2.30. The smallest absolute Gasteiger partial charge is 0.411 e. The summed E-state index contributed by atoms with van der Waals surface area (Å²) in [5.41, 5.74) is -0.153. The molecule has 9 heteroatoms. The van der Waals surface area contributed by atoms with Gasteiger partial charge in [-0.15, -0.1) is 0 Å². The standard InChI is InChI=1S/C19H24N2O7/c1-19(2,3)28-18(24)21-8-4-5-13(21)17(23)25-10-16(22)20-12-6-7-14-15(9-12)27-11-26-14/h6-7,9,13H,4-5,8,10-11H2,1-3H3,(H,20,22)/t13-/m0/s1. The van der Waals surface area contributed by atoms with Crippen molar-refractivity contribution in [3.63, 3.8) is 0 Å². The SMILES string of the molecule is CC(C)(C)OC(=O)N1CCC[C@H]1C(=O)OCC(=O)Nc1ccc2c(c1)OCO2. The number of hydrogen-bond donors (Lipinski definition) is 1. The number of benzene rings is 1. The minimum absolute atomic E-state index is 0.139. The van der Waals surface area contributed by atoms with Crippen molar-refractivity contribution in [1.29, 1.82) is 0 Å². The van der Waals surface area contributed by atoms with Gasteiger partial charge in [0.2, 0.25) is 6.79 Å². The number of nitrogens with zero attached hydrogens (tertiary/aromatic N) is 1. The van der Waals surface area contributed by atoms with Crippen molar-refractivity contribution >= 4 is 23.7 Å². The summed E-state index contributed by atoms with van der Waals surface area (Å²) in [5, 5.41) is 2.63. The van der Waals surface area contributed by atoms with Crippen LogP contribution in [0.1, 0.15) is 33.6 Å². The number of nitrogens with one attached hydrogen (secondary N) is 1. The van der Waals surface area contributed by atoms with Crippen molar-refractivity contribution < 1.29 is 33.3 Å². The maximum absolute atomic E-state index is 12.3. The molecule has 2 heterocycles. The average molecular weight is 392 g/mol. The highest BCUT2D eigenvalue weighted by Crippen LogP contribution is 2.34. The van der Waals surface area contributed by atoms with E-state index in [4.69, 9.17) is 18.9 Å². The molecule has 1 aromatic carbocycles. The quantitative estimate of drug-likeness (QED) is 0.784. The molecule has 0 aromatic heterocycles. The minimum atomic E-state index is -0.742. The Kier molecular flexibility index (Phi) is 5.62. The van der Waals surface area contributed by atoms with Crippen LogP contribution in [-0.4, -0.2) is 54.5 Å². The molecule has 9 nitrogen and oxygen atoms in total. The Bertz CT molecular complexity index is 772. The molecular formula is C19H24N2O7. The molecule has 28 heavy (non-hydrogen) atoms. The summed E-state index contributed by atoms with van der Waals surface area (Å²) in [4.78, 5) is 38.0. The fourth-order valence-corrected chi connectivity index (χ4v) is 2.96. The summed E-state index contributed by atoms with van der Waals surface area (Å²) in [6.45, 7) is 5.38. The summed E-state index contributed by atoms with van der Waals surface area (Å²) in [6, 6.07) is 4.23. The number of likely N-dealkylation sites (tertiary alicyclic amines) is 1. The van der Waals surface area contributed by atoms with E-state index in [-0.39, 0.29) is 6.79 Å². The maximum Gasteiger partial charge on any atom is 0.411 e. The van der Waals surface area contributed by atoms with Crippen molar-refractivity contribution in [3.05, 3.63) is 18.2 Å². The lowest BCUT2D eigenvalue weighted by molar-refractivity contribution is -0.151. The molecule has 0 radical (unpaired) electrons. The van der Waals surface area contributed by atoms with Crippen LogP contribution in [0, 0.1) is 0 Å². The van der Waals surface area contributed by atoms with Gasteiger partial charge in [-0.2, -0.15) is 0 Å². The molecule has 0 saturated carbocycles. The third-order valence-electron chi connectivity index (χ3n) is 4.15. The van der Waals surface area contributed by atoms with Gasteiger partial charge < -0.3 is 24.3 Å². The first kappa shape index (κ1) is 19.8. The Hall–Kier alpha value is -2.97. The molecule has 0 aliphatic carbocycles. The fourth-order valence-electron chi connectivity index (χ4n) is 2.96. The van der Waals surface area contributed by atoms with Crippen molar-refractivity contribution in [3.8, 4) is 11.5 Å². The molecule has 1 N–H and O–H groups in total. The molecule has 0 unspecified atom stereocenters. The van der Waals surface area contributed by atoms with Gasteiger partial charge in [0.15, 0.2) is 18.1 Å². The third kappa shape index (κ3) is 4.85. The molecule has 2 aliphatic rings. The van der Waals surface area contributed by atoms with Crippen LogP contribution in [0.4, 0.5) is 10.5 Å². The van der Waals surface area contributed by atoms with Crippen LogP contribution < -0.4 is 14.8 Å². The lowest BCUT2D eigenvalue weighted by atomic mass is 10.2. The highest BCUT2D eigenvalue weighted by molar-refractivity contribution is 5.93. The topological polar surface area (TPSA) is 103 Å². The van der Waals surface area contributed by atoms with Gasteiger partial charge in [-0.25, -0.2) is 9.59 Å². The van der Waals surface area contributed by atoms with E-state index in [1.54, 1.807) is 39.0 Å². The zero-order valence-electron chi connectivity index (χ0n) is 16.1. The van der Waals surface area contributed by atoms with Gasteiger partial charge in [0, 0.05) is 18.3 Å². The zero-order chi connectivity index (χ0) is 20.3. The highest BCUT2D eigenvalue weighted by atomic mass is 16.7. The monoisotopic (exact) mass is 392 g/mol. The van der Waals surface area contributed by atoms with Crippen LogP contribution in [0.25, 0.3) is 0 Å². The van der Waals surface area contributed by atoms with Crippen LogP contribution in [0.2, 0.25) is 0 Å². The summed E-state index contributed by atoms with van der Waals surface area (Å²) in [7, 11) is 0. The Labute approximate surface area is 162 Å². The van der Waals surface area contributed by atoms with Crippen molar-refractivity contribution in [1.82, 2.24) is 4.90 Å². The van der Waals surface area contributed by atoms with Gasteiger partial charge in [0.25, 0.3) is 5.91 Å². The minimum Gasteiger partial charge on any atom is -0.454 e. The van der Waals surface area contributed by atoms with Crippen molar-refractivity contribution in [2.75, 3.05) is 25.3 Å². The van der Waals surface area contributed by atoms with E-state index >= 15 is 0 Å². The van der Waals surface area contributed by atoms with Gasteiger partial charge >= 0.3 is 12.1 Å².